The molecule has 12 heteroatoms. The van der Waals surface area contributed by atoms with Gasteiger partial charge in [-0.15, -0.1) is 11.8 Å². The zero-order valence-electron chi connectivity index (χ0n) is 25.3. The number of sulfonamides is 1. The summed E-state index contributed by atoms with van der Waals surface area (Å²) in [5, 5.41) is 15.3. The fraction of sp³-hybridized carbons (Fsp3) is 0.424. The average Bonchev–Trinajstić information content (AvgIpc) is 3.69. The lowest BCUT2D eigenvalue weighted by molar-refractivity contribution is -0.384. The fourth-order valence-electron chi connectivity index (χ4n) is 6.37. The molecule has 10 nitrogen and oxygen atoms in total. The highest BCUT2D eigenvalue weighted by Gasteiger charge is 2.40. The van der Waals surface area contributed by atoms with E-state index in [-0.39, 0.29) is 27.9 Å². The van der Waals surface area contributed by atoms with Crippen molar-refractivity contribution in [2.75, 3.05) is 35.6 Å². The first-order valence-corrected chi connectivity index (χ1v) is 18.0. The molecule has 45 heavy (non-hydrogen) atoms. The number of hydrogen-bond acceptors (Lipinski definition) is 9. The van der Waals surface area contributed by atoms with Gasteiger partial charge in [0.2, 0.25) is 0 Å². The van der Waals surface area contributed by atoms with Gasteiger partial charge in [0.25, 0.3) is 21.6 Å². The zero-order chi connectivity index (χ0) is 31.9. The van der Waals surface area contributed by atoms with Gasteiger partial charge in [0.1, 0.15) is 5.69 Å². The Bertz CT molecular complexity index is 1580. The van der Waals surface area contributed by atoms with Crippen molar-refractivity contribution in [1.29, 1.82) is 0 Å². The van der Waals surface area contributed by atoms with E-state index in [9.17, 15) is 23.3 Å². The second-order valence-electron chi connectivity index (χ2n) is 12.0. The van der Waals surface area contributed by atoms with E-state index < -0.39 is 20.9 Å². The van der Waals surface area contributed by atoms with Gasteiger partial charge in [-0.25, -0.2) is 13.1 Å². The van der Waals surface area contributed by atoms with Gasteiger partial charge in [0.15, 0.2) is 0 Å². The summed E-state index contributed by atoms with van der Waals surface area (Å²) in [5.41, 5.74) is 7.13. The number of benzene rings is 3. The molecule has 1 atom stereocenters. The van der Waals surface area contributed by atoms with E-state index in [1.807, 2.05) is 42.5 Å². The van der Waals surface area contributed by atoms with Crippen molar-refractivity contribution in [3.8, 4) is 0 Å². The molecule has 1 saturated heterocycles. The molecule has 1 spiro atoms. The fourth-order valence-corrected chi connectivity index (χ4v) is 8.36. The number of carbonyl (C=O) groups is 1. The van der Waals surface area contributed by atoms with Gasteiger partial charge in [-0.1, -0.05) is 37.5 Å². The van der Waals surface area contributed by atoms with Crippen LogP contribution in [0.15, 0.2) is 82.6 Å². The van der Waals surface area contributed by atoms with Gasteiger partial charge >= 0.3 is 0 Å². The Kier molecular flexibility index (Phi) is 10.7. The number of carbonyl (C=O) groups excluding carboxylic acids is 1. The van der Waals surface area contributed by atoms with Crippen LogP contribution in [0.25, 0.3) is 0 Å². The van der Waals surface area contributed by atoms with Gasteiger partial charge in [-0.05, 0) is 92.6 Å². The van der Waals surface area contributed by atoms with Crippen LogP contribution in [-0.4, -0.2) is 50.7 Å². The smallest absolute Gasteiger partial charge is 0.293 e. The summed E-state index contributed by atoms with van der Waals surface area (Å²) in [7, 11) is -4.37. The minimum absolute atomic E-state index is 0.116. The zero-order valence-corrected chi connectivity index (χ0v) is 27.0. The van der Waals surface area contributed by atoms with E-state index in [1.165, 1.54) is 44.2 Å². The molecule has 1 amide bonds. The molecule has 0 bridgehead atoms. The number of nitrogens with zero attached hydrogens (tertiary/aromatic N) is 2. The summed E-state index contributed by atoms with van der Waals surface area (Å²) in [6.07, 6.45) is 8.68. The normalized spacial score (nSPS) is 16.5. The second-order valence-corrected chi connectivity index (χ2v) is 14.8. The number of unbranched alkanes of at least 4 members (excludes halogenated alkanes) is 1. The molecule has 0 radical (unpaired) electrons. The maximum absolute atomic E-state index is 13.2. The lowest BCUT2D eigenvalue weighted by Gasteiger charge is -2.24. The molecule has 240 valence electrons. The van der Waals surface area contributed by atoms with Gasteiger partial charge < -0.3 is 16.0 Å². The predicted octanol–water partition coefficient (Wildman–Crippen LogP) is 6.19. The quantitative estimate of drug-likeness (QED) is 0.0804. The summed E-state index contributed by atoms with van der Waals surface area (Å²) < 4.78 is 28.4. The maximum atomic E-state index is 13.2. The number of rotatable bonds is 14. The summed E-state index contributed by atoms with van der Waals surface area (Å²) in [6, 6.07) is 20.3. The van der Waals surface area contributed by atoms with Crippen LogP contribution in [0.1, 0.15) is 61.7 Å². The molecule has 1 saturated carbocycles. The van der Waals surface area contributed by atoms with E-state index in [4.69, 9.17) is 5.73 Å². The Morgan fingerprint density at radius 2 is 1.76 bits per heavy atom. The third-order valence-electron chi connectivity index (χ3n) is 8.86. The van der Waals surface area contributed by atoms with E-state index in [0.29, 0.717) is 17.7 Å². The molecular weight excluding hydrogens is 611 g/mol. The van der Waals surface area contributed by atoms with Gasteiger partial charge in [0.05, 0.1) is 9.82 Å². The topological polar surface area (TPSA) is 148 Å². The van der Waals surface area contributed by atoms with Crippen LogP contribution in [0, 0.1) is 15.5 Å². The van der Waals surface area contributed by atoms with E-state index in [1.54, 1.807) is 23.9 Å². The van der Waals surface area contributed by atoms with Crippen molar-refractivity contribution in [2.45, 2.75) is 67.2 Å². The summed E-state index contributed by atoms with van der Waals surface area (Å²) >= 11 is 1.63. The molecule has 3 aromatic carbocycles. The highest BCUT2D eigenvalue weighted by molar-refractivity contribution is 7.99. The van der Waals surface area contributed by atoms with Crippen LogP contribution < -0.4 is 20.7 Å². The molecule has 1 heterocycles. The Hall–Kier alpha value is -3.61. The van der Waals surface area contributed by atoms with Crippen LogP contribution in [0.2, 0.25) is 0 Å². The van der Waals surface area contributed by atoms with Crippen molar-refractivity contribution in [3.63, 3.8) is 0 Å². The largest absolute Gasteiger partial charge is 0.376 e. The van der Waals surface area contributed by atoms with Crippen molar-refractivity contribution >= 4 is 44.8 Å². The Labute approximate surface area is 269 Å². The second kappa shape index (κ2) is 14.7. The number of nitro benzene ring substituents is 1. The van der Waals surface area contributed by atoms with Gasteiger partial charge in [-0.3, -0.25) is 14.9 Å². The summed E-state index contributed by atoms with van der Waals surface area (Å²) in [6.45, 7) is 2.54. The number of nitrogens with two attached hydrogens (primary N) is 1. The van der Waals surface area contributed by atoms with Crippen molar-refractivity contribution in [3.05, 3.63) is 88.5 Å². The molecule has 3 aromatic rings. The van der Waals surface area contributed by atoms with Crippen LogP contribution in [0.3, 0.4) is 0 Å². The number of nitrogens with one attached hydrogen (secondary N) is 2. The summed E-state index contributed by atoms with van der Waals surface area (Å²) in [4.78, 5) is 27.4. The van der Waals surface area contributed by atoms with Crippen LogP contribution >= 0.6 is 11.8 Å². The Morgan fingerprint density at radius 1 is 1.02 bits per heavy atom. The molecule has 1 aliphatic heterocycles. The average molecular weight is 652 g/mol. The summed E-state index contributed by atoms with van der Waals surface area (Å²) in [5.74, 6) is -0.141. The monoisotopic (exact) mass is 651 g/mol. The third kappa shape index (κ3) is 8.36. The molecular formula is C33H41N5O5S2. The molecule has 0 unspecified atom stereocenters. The maximum Gasteiger partial charge on any atom is 0.293 e. The number of nitro groups is 1. The highest BCUT2D eigenvalue weighted by atomic mass is 32.2. The van der Waals surface area contributed by atoms with E-state index in [2.05, 4.69) is 14.9 Å². The van der Waals surface area contributed by atoms with E-state index >= 15 is 0 Å². The molecule has 1 aliphatic carbocycles. The van der Waals surface area contributed by atoms with Crippen molar-refractivity contribution < 1.29 is 18.1 Å². The first-order valence-electron chi connectivity index (χ1n) is 15.5. The molecule has 2 aliphatic rings. The first-order chi connectivity index (χ1) is 21.7. The molecule has 4 N–H and O–H groups in total. The lowest BCUT2D eigenvalue weighted by Crippen LogP contribution is -2.31. The number of anilines is 2. The van der Waals surface area contributed by atoms with E-state index in [0.717, 1.165) is 49.0 Å². The minimum Gasteiger partial charge on any atom is -0.376 e. The Morgan fingerprint density at radius 3 is 2.44 bits per heavy atom. The Balaban J connectivity index is 1.26. The molecule has 2 fully saturated rings. The SMILES string of the molecule is NCCCC[C@H](CSc1ccccc1)Nc1ccc(S(=O)(=O)NC(=O)c2ccc(N3CCC4(CCCC4)C3)cc2)cc1[N+](=O)[O-]. The minimum atomic E-state index is -4.37. The van der Waals surface area contributed by atoms with Crippen molar-refractivity contribution in [2.24, 2.45) is 11.1 Å². The number of thioether (sulfide) groups is 1. The lowest BCUT2D eigenvalue weighted by atomic mass is 9.86. The van der Waals surface area contributed by atoms with Gasteiger partial charge in [0, 0.05) is 47.1 Å². The molecule has 0 aromatic heterocycles. The number of amides is 1. The highest BCUT2D eigenvalue weighted by Crippen LogP contribution is 2.46. The van der Waals surface area contributed by atoms with Crippen LogP contribution in [-0.2, 0) is 10.0 Å². The van der Waals surface area contributed by atoms with Crippen LogP contribution in [0.4, 0.5) is 17.1 Å². The molecule has 5 rings (SSSR count). The van der Waals surface area contributed by atoms with Crippen LogP contribution in [0.5, 0.6) is 0 Å². The van der Waals surface area contributed by atoms with Crippen molar-refractivity contribution in [1.82, 2.24) is 4.72 Å². The number of hydrogen-bond donors (Lipinski definition) is 3. The third-order valence-corrected chi connectivity index (χ3v) is 11.4. The van der Waals surface area contributed by atoms with Gasteiger partial charge in [-0.2, -0.15) is 0 Å². The standard InChI is InChI=1S/C33H41N5O5S2/c34-20-7-4-8-26(23-44-28-9-2-1-3-10-28)35-30-16-15-29(22-31(30)38(40)41)45(42,43)36-32(39)25-11-13-27(14-12-25)37-21-19-33(24-37)17-5-6-18-33/h1-3,9-16,22,26,35H,4-8,17-21,23-24,34H2,(H,36,39)/t26-/m1/s1. The predicted molar refractivity (Wildman–Crippen MR) is 179 cm³/mol. The first kappa shape index (κ1) is 32.8.